The van der Waals surface area contributed by atoms with Crippen LogP contribution in [0.2, 0.25) is 0 Å². The average Bonchev–Trinajstić information content (AvgIpc) is 2.57. The van der Waals surface area contributed by atoms with Crippen LogP contribution in [-0.2, 0) is 19.6 Å². The Kier molecular flexibility index (Phi) is 23.1. The number of hydrogen-bond donors (Lipinski definition) is 1. The number of unbranched alkanes of at least 4 members (excludes halogenated alkanes) is 14. The van der Waals surface area contributed by atoms with Crippen molar-refractivity contribution in [2.24, 2.45) is 0 Å². The summed E-state index contributed by atoms with van der Waals surface area (Å²) in [4.78, 5) is 11.4. The molecule has 0 saturated heterocycles. The normalized spacial score (nSPS) is 11.2. The van der Waals surface area contributed by atoms with Crippen molar-refractivity contribution in [1.29, 1.82) is 0 Å². The zero-order valence-corrected chi connectivity index (χ0v) is 20.5. The third-order valence-electron chi connectivity index (χ3n) is 4.59. The van der Waals surface area contributed by atoms with E-state index in [2.05, 4.69) is 6.92 Å². The van der Waals surface area contributed by atoms with E-state index >= 15 is 0 Å². The molecule has 0 spiro atoms. The van der Waals surface area contributed by atoms with Crippen LogP contribution in [0.3, 0.4) is 0 Å². The maximum absolute atomic E-state index is 11.4. The molecular formula is C20H40NaO5S. The fourth-order valence-corrected chi connectivity index (χ4v) is 3.27. The SMILES string of the molecule is CCCCCCCCCCCCCCCCCC(=O)OCCS(=O)(=O)O.[Na]. The molecule has 0 fully saturated rings. The number of rotatable bonds is 19. The fourth-order valence-electron chi connectivity index (χ4n) is 2.97. The topological polar surface area (TPSA) is 80.7 Å². The monoisotopic (exact) mass is 415 g/mol. The number of esters is 1. The van der Waals surface area contributed by atoms with Crippen molar-refractivity contribution in [3.63, 3.8) is 0 Å². The van der Waals surface area contributed by atoms with E-state index in [0.717, 1.165) is 19.3 Å². The molecule has 0 bridgehead atoms. The minimum atomic E-state index is -4.05. The summed E-state index contributed by atoms with van der Waals surface area (Å²) < 4.78 is 34.3. The quantitative estimate of drug-likeness (QED) is 0.134. The summed E-state index contributed by atoms with van der Waals surface area (Å²) >= 11 is 0. The molecule has 0 heterocycles. The molecule has 27 heavy (non-hydrogen) atoms. The van der Waals surface area contributed by atoms with Crippen molar-refractivity contribution in [2.75, 3.05) is 12.4 Å². The predicted molar refractivity (Wildman–Crippen MR) is 113 cm³/mol. The fraction of sp³-hybridized carbons (Fsp3) is 0.950. The third kappa shape index (κ3) is 26.4. The summed E-state index contributed by atoms with van der Waals surface area (Å²) in [6, 6.07) is 0. The second kappa shape index (κ2) is 21.1. The Balaban J connectivity index is 0. The van der Waals surface area contributed by atoms with Gasteiger partial charge in [0.2, 0.25) is 0 Å². The van der Waals surface area contributed by atoms with Crippen molar-refractivity contribution in [3.8, 4) is 0 Å². The van der Waals surface area contributed by atoms with Crippen LogP contribution in [0, 0.1) is 0 Å². The van der Waals surface area contributed by atoms with Crippen LogP contribution in [0.5, 0.6) is 0 Å². The van der Waals surface area contributed by atoms with Crippen LogP contribution in [0.4, 0.5) is 0 Å². The van der Waals surface area contributed by atoms with Gasteiger partial charge in [-0.05, 0) is 6.42 Å². The zero-order valence-electron chi connectivity index (χ0n) is 17.7. The number of hydrogen-bond acceptors (Lipinski definition) is 4. The number of carbonyl (C=O) groups is 1. The molecule has 0 aromatic rings. The van der Waals surface area contributed by atoms with Gasteiger partial charge >= 0.3 is 5.97 Å². The number of carbonyl (C=O) groups excluding carboxylic acids is 1. The van der Waals surface area contributed by atoms with E-state index in [1.54, 1.807) is 0 Å². The van der Waals surface area contributed by atoms with E-state index < -0.39 is 15.9 Å². The first-order valence-corrected chi connectivity index (χ1v) is 12.2. The largest absolute Gasteiger partial charge is 0.464 e. The van der Waals surface area contributed by atoms with Crippen molar-refractivity contribution in [3.05, 3.63) is 0 Å². The Hall–Kier alpha value is 0.380. The number of ether oxygens (including phenoxy) is 1. The smallest absolute Gasteiger partial charge is 0.305 e. The van der Waals surface area contributed by atoms with Crippen molar-refractivity contribution in [2.45, 2.75) is 110 Å². The van der Waals surface area contributed by atoms with Gasteiger partial charge in [0.1, 0.15) is 12.4 Å². The Bertz CT molecular complexity index is 426. The molecule has 0 saturated carbocycles. The maximum atomic E-state index is 11.4. The summed E-state index contributed by atoms with van der Waals surface area (Å²) in [5.74, 6) is -0.916. The summed E-state index contributed by atoms with van der Waals surface area (Å²) in [5.41, 5.74) is 0. The van der Waals surface area contributed by atoms with E-state index in [-0.39, 0.29) is 42.1 Å². The third-order valence-corrected chi connectivity index (χ3v) is 5.27. The van der Waals surface area contributed by atoms with Gasteiger partial charge in [0, 0.05) is 36.0 Å². The van der Waals surface area contributed by atoms with E-state index in [0.29, 0.717) is 6.42 Å². The molecule has 0 aromatic carbocycles. The van der Waals surface area contributed by atoms with Gasteiger partial charge in [-0.3, -0.25) is 9.35 Å². The van der Waals surface area contributed by atoms with Gasteiger partial charge in [0.05, 0.1) is 0 Å². The molecule has 0 atom stereocenters. The molecule has 0 amide bonds. The van der Waals surface area contributed by atoms with Crippen LogP contribution >= 0.6 is 0 Å². The first-order chi connectivity index (χ1) is 12.5. The molecule has 7 heteroatoms. The summed E-state index contributed by atoms with van der Waals surface area (Å²) in [5, 5.41) is 0. The first-order valence-electron chi connectivity index (χ1n) is 10.6. The molecule has 0 aliphatic carbocycles. The molecule has 1 radical (unpaired) electrons. The second-order valence-electron chi connectivity index (χ2n) is 7.21. The average molecular weight is 416 g/mol. The minimum absolute atomic E-state index is 0. The first kappa shape index (κ1) is 29.6. The van der Waals surface area contributed by atoms with Gasteiger partial charge in [-0.2, -0.15) is 8.42 Å². The van der Waals surface area contributed by atoms with Gasteiger partial charge in [0.15, 0.2) is 0 Å². The molecule has 157 valence electrons. The molecule has 1 N–H and O–H groups in total. The van der Waals surface area contributed by atoms with Gasteiger partial charge in [0.25, 0.3) is 10.1 Å². The van der Waals surface area contributed by atoms with Gasteiger partial charge in [-0.15, -0.1) is 0 Å². The Morgan fingerprint density at radius 2 is 1.11 bits per heavy atom. The standard InChI is InChI=1S/C20H40O5S.Na/c1-2-3-4-5-6-7-8-9-10-11-12-13-14-15-16-17-20(21)25-18-19-26(22,23)24;/h2-19H2,1H3,(H,22,23,24);. The Morgan fingerprint density at radius 1 is 0.741 bits per heavy atom. The van der Waals surface area contributed by atoms with Gasteiger partial charge < -0.3 is 4.74 Å². The van der Waals surface area contributed by atoms with Crippen molar-refractivity contribution in [1.82, 2.24) is 0 Å². The molecule has 0 aromatic heterocycles. The van der Waals surface area contributed by atoms with E-state index in [1.165, 1.54) is 77.0 Å². The molecule has 0 rings (SSSR count). The zero-order chi connectivity index (χ0) is 19.5. The second-order valence-corrected chi connectivity index (χ2v) is 8.78. The minimum Gasteiger partial charge on any atom is -0.464 e. The van der Waals surface area contributed by atoms with Crippen LogP contribution in [0.1, 0.15) is 110 Å². The van der Waals surface area contributed by atoms with Gasteiger partial charge in [-0.25, -0.2) is 0 Å². The Morgan fingerprint density at radius 3 is 1.48 bits per heavy atom. The summed E-state index contributed by atoms with van der Waals surface area (Å²) in [6.45, 7) is 1.99. The summed E-state index contributed by atoms with van der Waals surface area (Å²) in [7, 11) is -4.05. The molecule has 0 unspecified atom stereocenters. The van der Waals surface area contributed by atoms with E-state index in [4.69, 9.17) is 9.29 Å². The molecule has 0 aliphatic heterocycles. The van der Waals surface area contributed by atoms with E-state index in [1.807, 2.05) is 0 Å². The summed E-state index contributed by atoms with van der Waals surface area (Å²) in [6.07, 6.45) is 19.4. The Labute approximate surface area is 189 Å². The van der Waals surface area contributed by atoms with Crippen molar-refractivity contribution >= 4 is 45.6 Å². The van der Waals surface area contributed by atoms with Gasteiger partial charge in [-0.1, -0.05) is 96.8 Å². The predicted octanol–water partition coefficient (Wildman–Crippen LogP) is 5.30. The van der Waals surface area contributed by atoms with Crippen LogP contribution in [0.25, 0.3) is 0 Å². The molecule has 0 aliphatic rings. The van der Waals surface area contributed by atoms with Crippen LogP contribution in [-0.4, -0.2) is 60.9 Å². The van der Waals surface area contributed by atoms with E-state index in [9.17, 15) is 13.2 Å². The van der Waals surface area contributed by atoms with Crippen molar-refractivity contribution < 1.29 is 22.5 Å². The molecular weight excluding hydrogens is 375 g/mol. The maximum Gasteiger partial charge on any atom is 0.305 e. The van der Waals surface area contributed by atoms with Crippen LogP contribution < -0.4 is 0 Å². The molecule has 5 nitrogen and oxygen atoms in total. The van der Waals surface area contributed by atoms with Crippen LogP contribution in [0.15, 0.2) is 0 Å².